The molecule has 4 aromatic rings. The Bertz CT molecular complexity index is 930. The maximum Gasteiger partial charge on any atom is 0.259 e. The maximum atomic E-state index is 5.38. The highest BCUT2D eigenvalue weighted by molar-refractivity contribution is 5.93. The standard InChI is InChI=1S/C15H11N5O2/c1-21-12-8-10(9-4-2-3-5-11(9)18-12)15-19-14(20-22-15)13-16-6-7-17-13/h2-8H,1H3,(H,16,17). The number of ether oxygens (including phenoxy) is 1. The predicted octanol–water partition coefficient (Wildman–Crippen LogP) is 2.68. The Balaban J connectivity index is 1.90. The van der Waals surface area contributed by atoms with Crippen LogP contribution in [-0.2, 0) is 0 Å². The lowest BCUT2D eigenvalue weighted by Crippen LogP contribution is -1.91. The molecule has 0 aliphatic rings. The van der Waals surface area contributed by atoms with Gasteiger partial charge in [0.15, 0.2) is 5.82 Å². The summed E-state index contributed by atoms with van der Waals surface area (Å²) in [5.74, 6) is 1.84. The number of H-pyrrole nitrogens is 1. The molecule has 1 N–H and O–H groups in total. The highest BCUT2D eigenvalue weighted by atomic mass is 16.5. The number of pyridine rings is 1. The molecular weight excluding hydrogens is 282 g/mol. The molecule has 0 amide bonds. The first-order chi connectivity index (χ1) is 10.8. The van der Waals surface area contributed by atoms with Crippen LogP contribution in [-0.4, -0.2) is 32.2 Å². The van der Waals surface area contributed by atoms with Crippen LogP contribution >= 0.6 is 0 Å². The van der Waals surface area contributed by atoms with Crippen molar-refractivity contribution in [2.45, 2.75) is 0 Å². The van der Waals surface area contributed by atoms with E-state index < -0.39 is 0 Å². The Hall–Kier alpha value is -3.22. The molecule has 4 rings (SSSR count). The van der Waals surface area contributed by atoms with E-state index in [2.05, 4.69) is 25.1 Å². The fraction of sp³-hybridized carbons (Fsp3) is 0.0667. The average Bonchev–Trinajstić information content (AvgIpc) is 3.24. The summed E-state index contributed by atoms with van der Waals surface area (Å²) in [7, 11) is 1.57. The lowest BCUT2D eigenvalue weighted by atomic mass is 10.1. The zero-order chi connectivity index (χ0) is 14.9. The van der Waals surface area contributed by atoms with Gasteiger partial charge in [0.25, 0.3) is 5.89 Å². The SMILES string of the molecule is COc1cc(-c2nc(-c3ncc[nH]3)no2)c2ccccc2n1. The number of hydrogen-bond acceptors (Lipinski definition) is 6. The summed E-state index contributed by atoms with van der Waals surface area (Å²) in [6, 6.07) is 9.49. The second-order valence-electron chi connectivity index (χ2n) is 4.59. The first-order valence-electron chi connectivity index (χ1n) is 6.63. The van der Waals surface area contributed by atoms with Gasteiger partial charge in [0.2, 0.25) is 11.7 Å². The van der Waals surface area contributed by atoms with Gasteiger partial charge in [-0.1, -0.05) is 23.4 Å². The van der Waals surface area contributed by atoms with Crippen LogP contribution in [0.2, 0.25) is 0 Å². The zero-order valence-electron chi connectivity index (χ0n) is 11.6. The molecule has 3 aromatic heterocycles. The van der Waals surface area contributed by atoms with E-state index in [9.17, 15) is 0 Å². The maximum absolute atomic E-state index is 5.38. The molecule has 7 heteroatoms. The van der Waals surface area contributed by atoms with Crippen molar-refractivity contribution >= 4 is 10.9 Å². The summed E-state index contributed by atoms with van der Waals surface area (Å²) in [5, 5.41) is 4.87. The number of methoxy groups -OCH3 is 1. The van der Waals surface area contributed by atoms with E-state index >= 15 is 0 Å². The molecule has 0 radical (unpaired) electrons. The number of aromatic amines is 1. The van der Waals surface area contributed by atoms with E-state index in [1.807, 2.05) is 24.3 Å². The Morgan fingerprint density at radius 1 is 1.18 bits per heavy atom. The van der Waals surface area contributed by atoms with Gasteiger partial charge in [-0.25, -0.2) is 9.97 Å². The lowest BCUT2D eigenvalue weighted by molar-refractivity contribution is 0.399. The minimum atomic E-state index is 0.392. The van der Waals surface area contributed by atoms with Crippen LogP contribution < -0.4 is 4.74 Å². The Morgan fingerprint density at radius 3 is 2.91 bits per heavy atom. The van der Waals surface area contributed by atoms with Gasteiger partial charge in [-0.05, 0) is 6.07 Å². The van der Waals surface area contributed by atoms with Crippen LogP contribution in [0.25, 0.3) is 34.0 Å². The highest BCUT2D eigenvalue weighted by Gasteiger charge is 2.16. The third-order valence-corrected chi connectivity index (χ3v) is 3.27. The van der Waals surface area contributed by atoms with Crippen molar-refractivity contribution in [2.24, 2.45) is 0 Å². The van der Waals surface area contributed by atoms with Crippen LogP contribution in [0, 0.1) is 0 Å². The second kappa shape index (κ2) is 4.96. The first kappa shape index (κ1) is 12.5. The van der Waals surface area contributed by atoms with Gasteiger partial charge >= 0.3 is 0 Å². The van der Waals surface area contributed by atoms with Crippen molar-refractivity contribution in [3.05, 3.63) is 42.7 Å². The Labute approximate surface area is 125 Å². The average molecular weight is 293 g/mol. The molecule has 0 saturated heterocycles. The van der Waals surface area contributed by atoms with Gasteiger partial charge in [0.05, 0.1) is 18.2 Å². The van der Waals surface area contributed by atoms with Crippen LogP contribution in [0.1, 0.15) is 0 Å². The van der Waals surface area contributed by atoms with E-state index in [-0.39, 0.29) is 0 Å². The van der Waals surface area contributed by atoms with Crippen LogP contribution in [0.3, 0.4) is 0 Å². The Morgan fingerprint density at radius 2 is 2.09 bits per heavy atom. The lowest BCUT2D eigenvalue weighted by Gasteiger charge is -2.05. The fourth-order valence-corrected chi connectivity index (χ4v) is 2.25. The summed E-state index contributed by atoms with van der Waals surface area (Å²) < 4.78 is 10.6. The number of para-hydroxylation sites is 1. The highest BCUT2D eigenvalue weighted by Crippen LogP contribution is 2.30. The van der Waals surface area contributed by atoms with Gasteiger partial charge in [-0.3, -0.25) is 0 Å². The minimum absolute atomic E-state index is 0.392. The molecule has 0 fully saturated rings. The molecule has 0 bridgehead atoms. The zero-order valence-corrected chi connectivity index (χ0v) is 11.6. The molecule has 0 saturated carbocycles. The van der Waals surface area contributed by atoms with Gasteiger partial charge < -0.3 is 14.2 Å². The summed E-state index contributed by atoms with van der Waals surface area (Å²) in [6.07, 6.45) is 3.34. The molecule has 0 aliphatic heterocycles. The van der Waals surface area contributed by atoms with Crippen LogP contribution in [0.15, 0.2) is 47.2 Å². The molecule has 1 aromatic carbocycles. The van der Waals surface area contributed by atoms with Gasteiger partial charge in [0, 0.05) is 23.8 Å². The van der Waals surface area contributed by atoms with Crippen molar-refractivity contribution in [1.82, 2.24) is 25.1 Å². The number of aromatic nitrogens is 5. The third kappa shape index (κ3) is 1.99. The van der Waals surface area contributed by atoms with Crippen molar-refractivity contribution in [2.75, 3.05) is 7.11 Å². The normalized spacial score (nSPS) is 11.0. The first-order valence-corrected chi connectivity index (χ1v) is 6.63. The predicted molar refractivity (Wildman–Crippen MR) is 79.2 cm³/mol. The molecule has 22 heavy (non-hydrogen) atoms. The number of imidazole rings is 1. The van der Waals surface area contributed by atoms with Crippen molar-refractivity contribution in [3.8, 4) is 29.0 Å². The summed E-state index contributed by atoms with van der Waals surface area (Å²) in [5.41, 5.74) is 1.57. The van der Waals surface area contributed by atoms with Crippen molar-refractivity contribution in [1.29, 1.82) is 0 Å². The van der Waals surface area contributed by atoms with Crippen molar-refractivity contribution in [3.63, 3.8) is 0 Å². The van der Waals surface area contributed by atoms with Gasteiger partial charge in [0.1, 0.15) is 0 Å². The minimum Gasteiger partial charge on any atom is -0.481 e. The van der Waals surface area contributed by atoms with Gasteiger partial charge in [-0.2, -0.15) is 4.98 Å². The fourth-order valence-electron chi connectivity index (χ4n) is 2.25. The monoisotopic (exact) mass is 293 g/mol. The third-order valence-electron chi connectivity index (χ3n) is 3.27. The number of nitrogens with zero attached hydrogens (tertiary/aromatic N) is 4. The van der Waals surface area contributed by atoms with E-state index in [4.69, 9.17) is 9.26 Å². The number of nitrogens with one attached hydrogen (secondary N) is 1. The van der Waals surface area contributed by atoms with Crippen molar-refractivity contribution < 1.29 is 9.26 Å². The molecule has 0 unspecified atom stereocenters. The molecule has 7 nitrogen and oxygen atoms in total. The topological polar surface area (TPSA) is 89.7 Å². The van der Waals surface area contributed by atoms with Gasteiger partial charge in [-0.15, -0.1) is 0 Å². The number of hydrogen-bond donors (Lipinski definition) is 1. The number of rotatable bonds is 3. The van der Waals surface area contributed by atoms with Crippen LogP contribution in [0.4, 0.5) is 0 Å². The summed E-state index contributed by atoms with van der Waals surface area (Å²) >= 11 is 0. The second-order valence-corrected chi connectivity index (χ2v) is 4.59. The largest absolute Gasteiger partial charge is 0.481 e. The number of benzene rings is 1. The quantitative estimate of drug-likeness (QED) is 0.624. The van der Waals surface area contributed by atoms with E-state index in [0.717, 1.165) is 16.5 Å². The van der Waals surface area contributed by atoms with E-state index in [1.165, 1.54) is 0 Å². The van der Waals surface area contributed by atoms with E-state index in [1.54, 1.807) is 25.6 Å². The molecular formula is C15H11N5O2. The smallest absolute Gasteiger partial charge is 0.259 e. The molecule has 108 valence electrons. The summed E-state index contributed by atoms with van der Waals surface area (Å²) in [4.78, 5) is 15.9. The molecule has 0 aliphatic carbocycles. The Kier molecular flexibility index (Phi) is 2.82. The molecule has 0 spiro atoms. The summed E-state index contributed by atoms with van der Waals surface area (Å²) in [6.45, 7) is 0. The van der Waals surface area contributed by atoms with Crippen LogP contribution in [0.5, 0.6) is 5.88 Å². The van der Waals surface area contributed by atoms with E-state index in [0.29, 0.717) is 23.4 Å². The number of fused-ring (bicyclic) bond motifs is 1. The molecule has 3 heterocycles. The molecule has 0 atom stereocenters.